The molecule has 10 nitrogen and oxygen atoms in total. The Labute approximate surface area is 225 Å². The number of carbonyl (C=O) groups excluding carboxylic acids is 2. The number of anilines is 1. The second kappa shape index (κ2) is 12.1. The second-order valence-electron chi connectivity index (χ2n) is 9.68. The molecule has 2 aromatic rings. The summed E-state index contributed by atoms with van der Waals surface area (Å²) in [7, 11) is -4.36. The number of benzene rings is 2. The Balaban J connectivity index is 1.64. The van der Waals surface area contributed by atoms with E-state index in [-0.39, 0.29) is 36.0 Å². The molecule has 1 saturated carbocycles. The van der Waals surface area contributed by atoms with E-state index in [4.69, 9.17) is 0 Å². The first-order chi connectivity index (χ1) is 18.6. The maximum atomic E-state index is 13.7. The Morgan fingerprint density at radius 3 is 2.10 bits per heavy atom. The van der Waals surface area contributed by atoms with Gasteiger partial charge in [-0.15, -0.1) is 0 Å². The Morgan fingerprint density at radius 2 is 1.51 bits per heavy atom. The van der Waals surface area contributed by atoms with Crippen molar-refractivity contribution in [3.63, 3.8) is 0 Å². The first kappa shape index (κ1) is 28.4. The number of amides is 3. The molecule has 1 aliphatic carbocycles. The van der Waals surface area contributed by atoms with Crippen LogP contribution in [0.25, 0.3) is 0 Å². The van der Waals surface area contributed by atoms with Crippen molar-refractivity contribution in [1.29, 1.82) is 0 Å². The Morgan fingerprint density at radius 1 is 0.923 bits per heavy atom. The van der Waals surface area contributed by atoms with E-state index in [0.29, 0.717) is 0 Å². The fourth-order valence-electron chi connectivity index (χ4n) is 5.13. The van der Waals surface area contributed by atoms with Crippen LogP contribution in [0.5, 0.6) is 0 Å². The minimum atomic E-state index is -4.36. The van der Waals surface area contributed by atoms with Crippen molar-refractivity contribution in [2.24, 2.45) is 5.92 Å². The average molecular weight is 565 g/mol. The lowest BCUT2D eigenvalue weighted by atomic mass is 9.82. The highest BCUT2D eigenvalue weighted by atomic mass is 32.2. The zero-order valence-corrected chi connectivity index (χ0v) is 21.9. The van der Waals surface area contributed by atoms with Gasteiger partial charge < -0.3 is 15.7 Å². The molecule has 210 valence electrons. The van der Waals surface area contributed by atoms with E-state index in [1.165, 1.54) is 12.1 Å². The van der Waals surface area contributed by atoms with E-state index in [0.717, 1.165) is 77.7 Å². The first-order valence-electron chi connectivity index (χ1n) is 12.7. The number of halogens is 2. The molecule has 1 heterocycles. The van der Waals surface area contributed by atoms with Crippen LogP contribution in [-0.2, 0) is 19.6 Å². The van der Waals surface area contributed by atoms with Gasteiger partial charge in [0, 0.05) is 24.8 Å². The van der Waals surface area contributed by atoms with Crippen molar-refractivity contribution in [1.82, 2.24) is 14.5 Å². The smallest absolute Gasteiger partial charge is 0.323 e. The molecular weight excluding hydrogens is 534 g/mol. The van der Waals surface area contributed by atoms with Crippen molar-refractivity contribution in [2.45, 2.75) is 55.6 Å². The summed E-state index contributed by atoms with van der Waals surface area (Å²) in [5.74, 6) is -3.23. The molecule has 1 aliphatic heterocycles. The summed E-state index contributed by atoms with van der Waals surface area (Å²) in [5, 5.41) is 14.7. The predicted molar refractivity (Wildman–Crippen MR) is 137 cm³/mol. The van der Waals surface area contributed by atoms with Gasteiger partial charge in [0.25, 0.3) is 5.91 Å². The summed E-state index contributed by atoms with van der Waals surface area (Å²) in [4.78, 5) is 39.3. The third kappa shape index (κ3) is 6.71. The number of carbonyl (C=O) groups is 3. The average Bonchev–Trinajstić information content (AvgIpc) is 3.37. The second-order valence-corrected chi connectivity index (χ2v) is 11.6. The van der Waals surface area contributed by atoms with Crippen molar-refractivity contribution in [3.8, 4) is 0 Å². The van der Waals surface area contributed by atoms with Gasteiger partial charge in [-0.3, -0.25) is 14.5 Å². The normalized spacial score (nSPS) is 19.4. The molecule has 4 rings (SSSR count). The number of aliphatic carboxylic acids is 1. The lowest BCUT2D eigenvalue weighted by Crippen LogP contribution is -2.57. The first-order valence-corrected chi connectivity index (χ1v) is 14.1. The lowest BCUT2D eigenvalue weighted by molar-refractivity contribution is -0.138. The zero-order valence-electron chi connectivity index (χ0n) is 21.1. The zero-order chi connectivity index (χ0) is 28.2. The van der Waals surface area contributed by atoms with Gasteiger partial charge in [0.1, 0.15) is 11.6 Å². The van der Waals surface area contributed by atoms with Crippen molar-refractivity contribution < 1.29 is 36.7 Å². The summed E-state index contributed by atoms with van der Waals surface area (Å²) < 4.78 is 54.7. The van der Waals surface area contributed by atoms with Crippen LogP contribution >= 0.6 is 0 Å². The highest BCUT2D eigenvalue weighted by molar-refractivity contribution is 7.89. The number of nitrogens with one attached hydrogen (secondary N) is 2. The van der Waals surface area contributed by atoms with Crippen LogP contribution in [0.4, 0.5) is 19.3 Å². The molecule has 0 bridgehead atoms. The molecule has 1 saturated heterocycles. The molecular formula is C26H30F2N4O6S. The fraction of sp³-hybridized carbons (Fsp3) is 0.423. The number of hydrogen-bond acceptors (Lipinski definition) is 5. The van der Waals surface area contributed by atoms with E-state index >= 15 is 0 Å². The van der Waals surface area contributed by atoms with E-state index in [2.05, 4.69) is 10.6 Å². The molecule has 2 fully saturated rings. The summed E-state index contributed by atoms with van der Waals surface area (Å²) in [6.45, 7) is -0.389. The molecule has 2 atom stereocenters. The van der Waals surface area contributed by atoms with Crippen LogP contribution in [0, 0.1) is 17.6 Å². The van der Waals surface area contributed by atoms with Crippen LogP contribution < -0.4 is 10.6 Å². The quantitative estimate of drug-likeness (QED) is 0.450. The van der Waals surface area contributed by atoms with E-state index in [1.54, 1.807) is 0 Å². The van der Waals surface area contributed by atoms with E-state index in [9.17, 15) is 36.7 Å². The maximum Gasteiger partial charge on any atom is 0.323 e. The third-order valence-electron chi connectivity index (χ3n) is 7.08. The third-order valence-corrected chi connectivity index (χ3v) is 8.95. The molecule has 2 aromatic carbocycles. The molecule has 2 aliphatic rings. The predicted octanol–water partition coefficient (Wildman–Crippen LogP) is 3.37. The van der Waals surface area contributed by atoms with Crippen molar-refractivity contribution in [3.05, 3.63) is 60.2 Å². The van der Waals surface area contributed by atoms with Crippen LogP contribution in [0.15, 0.2) is 53.4 Å². The van der Waals surface area contributed by atoms with Gasteiger partial charge in [0.05, 0.1) is 11.3 Å². The number of nitrogens with zero attached hydrogens (tertiary/aromatic N) is 2. The van der Waals surface area contributed by atoms with E-state index in [1.807, 2.05) is 0 Å². The van der Waals surface area contributed by atoms with Gasteiger partial charge >= 0.3 is 12.0 Å². The Kier molecular flexibility index (Phi) is 8.80. The number of carboxylic acids is 1. The molecule has 3 N–H and O–H groups in total. The van der Waals surface area contributed by atoms with Gasteiger partial charge in [0.2, 0.25) is 10.0 Å². The Hall–Kier alpha value is -3.58. The summed E-state index contributed by atoms with van der Waals surface area (Å²) in [6, 6.07) is 7.43. The van der Waals surface area contributed by atoms with Gasteiger partial charge in [-0.2, -0.15) is 4.31 Å². The molecule has 0 spiro atoms. The van der Waals surface area contributed by atoms with Crippen LogP contribution in [-0.4, -0.2) is 65.9 Å². The monoisotopic (exact) mass is 564 g/mol. The summed E-state index contributed by atoms with van der Waals surface area (Å²) >= 11 is 0. The number of hydrogen-bond donors (Lipinski definition) is 3. The highest BCUT2D eigenvalue weighted by Crippen LogP contribution is 2.30. The molecule has 3 amide bonds. The molecule has 0 radical (unpaired) electrons. The topological polar surface area (TPSA) is 136 Å². The highest BCUT2D eigenvalue weighted by Gasteiger charge is 2.47. The summed E-state index contributed by atoms with van der Waals surface area (Å²) in [6.07, 6.45) is 2.23. The number of rotatable bonds is 8. The molecule has 2 unspecified atom stereocenters. The van der Waals surface area contributed by atoms with Crippen LogP contribution in [0.3, 0.4) is 0 Å². The van der Waals surface area contributed by atoms with Gasteiger partial charge in [-0.05, 0) is 67.3 Å². The van der Waals surface area contributed by atoms with E-state index < -0.39 is 51.8 Å². The van der Waals surface area contributed by atoms with Gasteiger partial charge in [0.15, 0.2) is 6.17 Å². The Bertz CT molecular complexity index is 1300. The van der Waals surface area contributed by atoms with Crippen molar-refractivity contribution in [2.75, 3.05) is 18.4 Å². The van der Waals surface area contributed by atoms with Crippen LogP contribution in [0.2, 0.25) is 0 Å². The fourth-order valence-corrected chi connectivity index (χ4v) is 6.68. The SMILES string of the molecule is O=C(O)CC(NC(=O)C1N(C(=O)Nc2ccc(F)cc2)CCN1S(=O)(=O)c1ccc(F)cc1)C1CCCCC1. The van der Waals surface area contributed by atoms with Gasteiger partial charge in [-0.25, -0.2) is 22.0 Å². The number of carboxylic acid groups (broad SMARTS) is 1. The van der Waals surface area contributed by atoms with Gasteiger partial charge in [-0.1, -0.05) is 19.3 Å². The number of sulfonamides is 1. The lowest BCUT2D eigenvalue weighted by Gasteiger charge is -2.34. The largest absolute Gasteiger partial charge is 0.481 e. The minimum absolute atomic E-state index is 0.108. The minimum Gasteiger partial charge on any atom is -0.481 e. The maximum absolute atomic E-state index is 13.7. The molecule has 0 aromatic heterocycles. The summed E-state index contributed by atoms with van der Waals surface area (Å²) in [5.41, 5.74) is 0.228. The molecule has 39 heavy (non-hydrogen) atoms. The number of urea groups is 1. The van der Waals surface area contributed by atoms with Crippen molar-refractivity contribution >= 4 is 33.6 Å². The standard InChI is InChI=1S/C26H30F2N4O6S/c27-18-6-10-20(11-7-18)29-26(36)31-14-15-32(39(37,38)21-12-8-19(28)9-13-21)25(31)24(35)30-22(16-23(33)34)17-4-2-1-3-5-17/h6-13,17,22,25H,1-5,14-16H2,(H,29,36)(H,30,35)(H,33,34). The molecule has 13 heteroatoms. The van der Waals surface area contributed by atoms with Crippen LogP contribution in [0.1, 0.15) is 38.5 Å².